The van der Waals surface area contributed by atoms with Crippen molar-refractivity contribution in [2.75, 3.05) is 18.4 Å². The molecule has 3 rings (SSSR count). The minimum absolute atomic E-state index is 0.00630. The Morgan fingerprint density at radius 1 is 1.28 bits per heavy atom. The summed E-state index contributed by atoms with van der Waals surface area (Å²) in [6.07, 6.45) is 2.03. The maximum Gasteiger partial charge on any atom is 0.251 e. The van der Waals surface area contributed by atoms with Crippen LogP contribution < -0.4 is 10.6 Å². The van der Waals surface area contributed by atoms with Crippen molar-refractivity contribution >= 4 is 17.6 Å². The molecule has 1 fully saturated rings. The molecule has 0 spiro atoms. The second-order valence-electron chi connectivity index (χ2n) is 6.09. The van der Waals surface area contributed by atoms with E-state index in [1.165, 1.54) is 0 Å². The number of nitrogens with zero attached hydrogens (tertiary/aromatic N) is 2. The summed E-state index contributed by atoms with van der Waals surface area (Å²) in [4.78, 5) is 30.3. The molecule has 130 valence electrons. The van der Waals surface area contributed by atoms with Crippen LogP contribution in [0.1, 0.15) is 29.3 Å². The Balaban J connectivity index is 1.61. The topological polar surface area (TPSA) is 74.3 Å². The largest absolute Gasteiger partial charge is 0.365 e. The number of anilines is 1. The van der Waals surface area contributed by atoms with Crippen molar-refractivity contribution in [3.8, 4) is 0 Å². The summed E-state index contributed by atoms with van der Waals surface area (Å²) < 4.78 is 0. The van der Waals surface area contributed by atoms with Crippen LogP contribution in [0, 0.1) is 0 Å². The van der Waals surface area contributed by atoms with Crippen molar-refractivity contribution < 1.29 is 9.59 Å². The fraction of sp³-hybridized carbons (Fsp3) is 0.316. The van der Waals surface area contributed by atoms with E-state index in [-0.39, 0.29) is 17.9 Å². The molecule has 2 N–H and O–H groups in total. The fourth-order valence-corrected chi connectivity index (χ4v) is 2.95. The lowest BCUT2D eigenvalue weighted by Gasteiger charge is -2.17. The van der Waals surface area contributed by atoms with Crippen LogP contribution in [-0.2, 0) is 11.3 Å². The van der Waals surface area contributed by atoms with Gasteiger partial charge in [0.15, 0.2) is 0 Å². The van der Waals surface area contributed by atoms with E-state index in [4.69, 9.17) is 0 Å². The monoisotopic (exact) mass is 338 g/mol. The third-order valence-corrected chi connectivity index (χ3v) is 4.14. The third-order valence-electron chi connectivity index (χ3n) is 4.14. The molecular weight excluding hydrogens is 316 g/mol. The summed E-state index contributed by atoms with van der Waals surface area (Å²) in [5, 5.41) is 6.04. The third kappa shape index (κ3) is 4.35. The quantitative estimate of drug-likeness (QED) is 0.845. The summed E-state index contributed by atoms with van der Waals surface area (Å²) >= 11 is 0. The molecule has 0 radical (unpaired) electrons. The van der Waals surface area contributed by atoms with Crippen LogP contribution in [0.3, 0.4) is 0 Å². The number of likely N-dealkylation sites (tertiary alicyclic amines) is 1. The second-order valence-corrected chi connectivity index (χ2v) is 6.09. The smallest absolute Gasteiger partial charge is 0.251 e. The van der Waals surface area contributed by atoms with E-state index in [0.717, 1.165) is 5.56 Å². The van der Waals surface area contributed by atoms with Crippen molar-refractivity contribution in [3.63, 3.8) is 0 Å². The van der Waals surface area contributed by atoms with E-state index in [2.05, 4.69) is 15.6 Å². The van der Waals surface area contributed by atoms with E-state index in [1.54, 1.807) is 18.3 Å². The molecule has 1 aliphatic rings. The predicted octanol–water partition coefficient (Wildman–Crippen LogP) is 2.04. The van der Waals surface area contributed by atoms with E-state index in [0.29, 0.717) is 37.4 Å². The molecule has 0 bridgehead atoms. The average Bonchev–Trinajstić information content (AvgIpc) is 2.95. The second kappa shape index (κ2) is 7.79. The summed E-state index contributed by atoms with van der Waals surface area (Å²) in [5.74, 6) is 0.616. The highest BCUT2D eigenvalue weighted by Gasteiger charge is 2.29. The zero-order valence-electron chi connectivity index (χ0n) is 14.2. The van der Waals surface area contributed by atoms with Gasteiger partial charge in [0, 0.05) is 37.8 Å². The Kier molecular flexibility index (Phi) is 5.28. The van der Waals surface area contributed by atoms with Gasteiger partial charge in [0.1, 0.15) is 5.82 Å². The first-order chi connectivity index (χ1) is 12.2. The lowest BCUT2D eigenvalue weighted by Crippen LogP contribution is -2.28. The van der Waals surface area contributed by atoms with Crippen LogP contribution in [0.4, 0.5) is 5.82 Å². The van der Waals surface area contributed by atoms with Gasteiger partial charge in [-0.1, -0.05) is 30.3 Å². The van der Waals surface area contributed by atoms with Crippen molar-refractivity contribution in [2.45, 2.75) is 25.9 Å². The van der Waals surface area contributed by atoms with Crippen molar-refractivity contribution in [1.82, 2.24) is 15.2 Å². The highest BCUT2D eigenvalue weighted by Crippen LogP contribution is 2.18. The molecule has 1 aromatic carbocycles. The van der Waals surface area contributed by atoms with Gasteiger partial charge in [-0.3, -0.25) is 9.59 Å². The van der Waals surface area contributed by atoms with Crippen LogP contribution in [0.15, 0.2) is 48.7 Å². The number of hydrogen-bond donors (Lipinski definition) is 2. The molecule has 1 aromatic heterocycles. The van der Waals surface area contributed by atoms with Gasteiger partial charge < -0.3 is 15.5 Å². The van der Waals surface area contributed by atoms with Gasteiger partial charge in [0.2, 0.25) is 5.91 Å². The molecule has 25 heavy (non-hydrogen) atoms. The van der Waals surface area contributed by atoms with Gasteiger partial charge in [-0.25, -0.2) is 4.98 Å². The average molecular weight is 338 g/mol. The molecule has 2 heterocycles. The molecule has 1 atom stereocenters. The van der Waals surface area contributed by atoms with Gasteiger partial charge in [-0.2, -0.15) is 0 Å². The first-order valence-corrected chi connectivity index (χ1v) is 8.48. The number of amides is 2. The number of carbonyl (C=O) groups excluding carboxylic acids is 2. The van der Waals surface area contributed by atoms with Gasteiger partial charge in [0.05, 0.1) is 6.04 Å². The summed E-state index contributed by atoms with van der Waals surface area (Å²) in [5.41, 5.74) is 1.68. The molecule has 1 unspecified atom stereocenters. The summed E-state index contributed by atoms with van der Waals surface area (Å²) in [6, 6.07) is 13.3. The zero-order valence-corrected chi connectivity index (χ0v) is 14.2. The molecular formula is C19H22N4O2. The Bertz CT molecular complexity index is 748. The number of rotatable bonds is 6. The molecule has 6 heteroatoms. The Labute approximate surface area is 147 Å². The lowest BCUT2D eigenvalue weighted by atomic mass is 10.2. The number of nitrogens with one attached hydrogen (secondary N) is 2. The van der Waals surface area contributed by atoms with Gasteiger partial charge in [0.25, 0.3) is 5.91 Å². The number of carbonyl (C=O) groups is 2. The molecule has 1 aliphatic heterocycles. The highest BCUT2D eigenvalue weighted by molar-refractivity contribution is 5.94. The lowest BCUT2D eigenvalue weighted by molar-refractivity contribution is -0.128. The Morgan fingerprint density at radius 2 is 2.08 bits per heavy atom. The van der Waals surface area contributed by atoms with E-state index < -0.39 is 0 Å². The fourth-order valence-electron chi connectivity index (χ4n) is 2.95. The zero-order chi connectivity index (χ0) is 17.6. The number of aromatic nitrogens is 1. The van der Waals surface area contributed by atoms with E-state index in [9.17, 15) is 9.59 Å². The van der Waals surface area contributed by atoms with Crippen molar-refractivity contribution in [3.05, 3.63) is 59.8 Å². The maximum absolute atomic E-state index is 12.2. The molecule has 2 aromatic rings. The molecule has 0 aliphatic carbocycles. The van der Waals surface area contributed by atoms with Gasteiger partial charge in [-0.15, -0.1) is 0 Å². The number of pyridine rings is 1. The summed E-state index contributed by atoms with van der Waals surface area (Å²) in [6.45, 7) is 3.70. The minimum Gasteiger partial charge on any atom is -0.365 e. The van der Waals surface area contributed by atoms with E-state index in [1.807, 2.05) is 42.2 Å². The molecule has 1 saturated heterocycles. The van der Waals surface area contributed by atoms with Crippen LogP contribution in [0.25, 0.3) is 0 Å². The van der Waals surface area contributed by atoms with Crippen LogP contribution in [-0.4, -0.2) is 40.8 Å². The number of hydrogen-bond acceptors (Lipinski definition) is 4. The Hall–Kier alpha value is -2.89. The van der Waals surface area contributed by atoms with Crippen molar-refractivity contribution in [2.24, 2.45) is 0 Å². The summed E-state index contributed by atoms with van der Waals surface area (Å²) in [7, 11) is 0. The van der Waals surface area contributed by atoms with Crippen LogP contribution >= 0.6 is 0 Å². The first-order valence-electron chi connectivity index (χ1n) is 8.48. The standard InChI is InChI=1S/C19H22N4O2/c1-2-20-19(25)15-8-9-21-17(10-15)22-16-11-18(24)23(13-16)12-14-6-4-3-5-7-14/h3-10,16H,2,11-13H2,1H3,(H,20,25)(H,21,22). The minimum atomic E-state index is -0.124. The van der Waals surface area contributed by atoms with Gasteiger partial charge >= 0.3 is 0 Å². The van der Waals surface area contributed by atoms with E-state index >= 15 is 0 Å². The normalized spacial score (nSPS) is 16.8. The number of benzene rings is 1. The predicted molar refractivity (Wildman–Crippen MR) is 96.1 cm³/mol. The highest BCUT2D eigenvalue weighted by atomic mass is 16.2. The maximum atomic E-state index is 12.2. The molecule has 0 saturated carbocycles. The molecule has 6 nitrogen and oxygen atoms in total. The SMILES string of the molecule is CCNC(=O)c1ccnc(NC2CC(=O)N(Cc3ccccc3)C2)c1. The van der Waals surface area contributed by atoms with Crippen molar-refractivity contribution in [1.29, 1.82) is 0 Å². The molecule has 2 amide bonds. The first kappa shape index (κ1) is 17.0. The van der Waals surface area contributed by atoms with Crippen LogP contribution in [0.5, 0.6) is 0 Å². The van der Waals surface area contributed by atoms with Crippen LogP contribution in [0.2, 0.25) is 0 Å². The Morgan fingerprint density at radius 3 is 2.84 bits per heavy atom. The van der Waals surface area contributed by atoms with Gasteiger partial charge in [-0.05, 0) is 24.6 Å².